The third-order valence-corrected chi connectivity index (χ3v) is 3.15. The molecule has 0 aliphatic rings. The van der Waals surface area contributed by atoms with E-state index in [9.17, 15) is 18.3 Å². The zero-order chi connectivity index (χ0) is 15.5. The van der Waals surface area contributed by atoms with Crippen molar-refractivity contribution in [1.29, 1.82) is 0 Å². The van der Waals surface area contributed by atoms with E-state index in [1.165, 1.54) is 36.4 Å². The monoisotopic (exact) mass is 308 g/mol. The Morgan fingerprint density at radius 1 is 1.00 bits per heavy atom. The highest BCUT2D eigenvalue weighted by molar-refractivity contribution is 7.80. The maximum Gasteiger partial charge on any atom is 0.398 e. The van der Waals surface area contributed by atoms with E-state index in [1.54, 1.807) is 18.2 Å². The number of phenols is 1. The fraction of sp³-hybridized carbons (Fsp3) is 0.0714. The lowest BCUT2D eigenvalue weighted by Crippen LogP contribution is -2.20. The molecule has 1 atom stereocenters. The van der Waals surface area contributed by atoms with Crippen molar-refractivity contribution in [3.8, 4) is 5.75 Å². The number of hydrogen-bond acceptors (Lipinski definition) is 5. The second-order valence-corrected chi connectivity index (χ2v) is 5.27. The number of ketones is 1. The van der Waals surface area contributed by atoms with Crippen molar-refractivity contribution >= 4 is 16.2 Å². The van der Waals surface area contributed by atoms with Gasteiger partial charge in [0.2, 0.25) is 0 Å². The van der Waals surface area contributed by atoms with Gasteiger partial charge in [-0.15, -0.1) is 0 Å². The average molecular weight is 308 g/mol. The van der Waals surface area contributed by atoms with Gasteiger partial charge in [0, 0.05) is 5.56 Å². The molecule has 0 aliphatic heterocycles. The standard InChI is InChI=1S/C14H12O6S/c15-12-8-6-11(7-9-12)14(20-21(17,18)19)13(16)10-4-2-1-3-5-10/h1-9,14-15H,(H,17,18,19). The van der Waals surface area contributed by atoms with Gasteiger partial charge in [-0.05, 0) is 17.7 Å². The molecule has 2 aromatic rings. The molecule has 0 fully saturated rings. The molecule has 0 bridgehead atoms. The topological polar surface area (TPSA) is 101 Å². The van der Waals surface area contributed by atoms with Crippen LogP contribution in [0, 0.1) is 0 Å². The van der Waals surface area contributed by atoms with Crippen LogP contribution in [0.3, 0.4) is 0 Å². The van der Waals surface area contributed by atoms with Crippen molar-refractivity contribution in [3.05, 3.63) is 65.7 Å². The molecular weight excluding hydrogens is 296 g/mol. The van der Waals surface area contributed by atoms with Crippen LogP contribution in [-0.2, 0) is 14.6 Å². The summed E-state index contributed by atoms with van der Waals surface area (Å²) in [5.41, 5.74) is 0.429. The number of phenolic OH excluding ortho intramolecular Hbond substituents is 1. The van der Waals surface area contributed by atoms with Gasteiger partial charge < -0.3 is 5.11 Å². The Balaban J connectivity index is 2.41. The summed E-state index contributed by atoms with van der Waals surface area (Å²) in [4.78, 5) is 12.3. The summed E-state index contributed by atoms with van der Waals surface area (Å²) in [5.74, 6) is -0.671. The van der Waals surface area contributed by atoms with Crippen molar-refractivity contribution in [1.82, 2.24) is 0 Å². The fourth-order valence-electron chi connectivity index (χ4n) is 1.78. The molecule has 1 unspecified atom stereocenters. The molecular formula is C14H12O6S. The van der Waals surface area contributed by atoms with Crippen molar-refractivity contribution in [3.63, 3.8) is 0 Å². The van der Waals surface area contributed by atoms with Gasteiger partial charge in [-0.1, -0.05) is 42.5 Å². The third-order valence-electron chi connectivity index (χ3n) is 2.71. The lowest BCUT2D eigenvalue weighted by molar-refractivity contribution is 0.0777. The van der Waals surface area contributed by atoms with Gasteiger partial charge in [0.1, 0.15) is 5.75 Å². The minimum Gasteiger partial charge on any atom is -0.508 e. The van der Waals surface area contributed by atoms with Crippen LogP contribution >= 0.6 is 0 Å². The summed E-state index contributed by atoms with van der Waals surface area (Å²) in [6.07, 6.45) is -1.52. The quantitative estimate of drug-likeness (QED) is 0.648. The Morgan fingerprint density at radius 3 is 2.10 bits per heavy atom. The van der Waals surface area contributed by atoms with E-state index in [0.29, 0.717) is 0 Å². The summed E-state index contributed by atoms with van der Waals surface area (Å²) in [5, 5.41) is 9.23. The zero-order valence-corrected chi connectivity index (χ0v) is 11.5. The number of hydrogen-bond donors (Lipinski definition) is 2. The van der Waals surface area contributed by atoms with Crippen molar-refractivity contribution in [2.45, 2.75) is 6.10 Å². The van der Waals surface area contributed by atoms with Crippen LogP contribution in [0.2, 0.25) is 0 Å². The minimum atomic E-state index is -4.82. The number of benzene rings is 2. The second kappa shape index (κ2) is 6.04. The number of aromatic hydroxyl groups is 1. The Labute approximate surface area is 121 Å². The van der Waals surface area contributed by atoms with Crippen LogP contribution in [0.4, 0.5) is 0 Å². The predicted octanol–water partition coefficient (Wildman–Crippen LogP) is 2.14. The van der Waals surface area contributed by atoms with E-state index >= 15 is 0 Å². The molecule has 0 aromatic heterocycles. The van der Waals surface area contributed by atoms with Crippen molar-refractivity contribution < 1.29 is 27.1 Å². The second-order valence-electron chi connectivity index (χ2n) is 4.23. The van der Waals surface area contributed by atoms with Gasteiger partial charge in [0.25, 0.3) is 0 Å². The van der Waals surface area contributed by atoms with Gasteiger partial charge >= 0.3 is 10.4 Å². The Bertz CT molecular complexity index is 722. The lowest BCUT2D eigenvalue weighted by Gasteiger charge is -2.15. The number of carbonyl (C=O) groups is 1. The van der Waals surface area contributed by atoms with E-state index in [0.717, 1.165) is 0 Å². The molecule has 7 heteroatoms. The fourth-order valence-corrected chi connectivity index (χ4v) is 2.22. The smallest absolute Gasteiger partial charge is 0.398 e. The molecule has 0 heterocycles. The Hall–Kier alpha value is -2.22. The number of Topliss-reactive ketones (excluding diaryl/α,β-unsaturated/α-hetero) is 1. The summed E-state index contributed by atoms with van der Waals surface area (Å²) in [6, 6.07) is 13.2. The van der Waals surface area contributed by atoms with Gasteiger partial charge in [0.15, 0.2) is 11.9 Å². The van der Waals surface area contributed by atoms with Crippen LogP contribution in [0.15, 0.2) is 54.6 Å². The van der Waals surface area contributed by atoms with E-state index in [2.05, 4.69) is 4.18 Å². The van der Waals surface area contributed by atoms with Gasteiger partial charge in [-0.25, -0.2) is 4.18 Å². The summed E-state index contributed by atoms with van der Waals surface area (Å²) in [7, 11) is -4.82. The largest absolute Gasteiger partial charge is 0.508 e. The van der Waals surface area contributed by atoms with Crippen LogP contribution < -0.4 is 0 Å². The van der Waals surface area contributed by atoms with E-state index in [1.807, 2.05) is 0 Å². The number of rotatable bonds is 5. The third kappa shape index (κ3) is 4.12. The van der Waals surface area contributed by atoms with Gasteiger partial charge in [0.05, 0.1) is 0 Å². The Kier molecular flexibility index (Phi) is 4.37. The summed E-state index contributed by atoms with van der Waals surface area (Å²) < 4.78 is 35.2. The highest BCUT2D eigenvalue weighted by Crippen LogP contribution is 2.25. The molecule has 110 valence electrons. The highest BCUT2D eigenvalue weighted by Gasteiger charge is 2.27. The van der Waals surface area contributed by atoms with E-state index in [-0.39, 0.29) is 16.9 Å². The van der Waals surface area contributed by atoms with E-state index < -0.39 is 22.3 Å². The maximum absolute atomic E-state index is 12.3. The molecule has 0 radical (unpaired) electrons. The Morgan fingerprint density at radius 2 is 1.57 bits per heavy atom. The first kappa shape index (κ1) is 15.2. The first-order chi connectivity index (χ1) is 9.87. The molecule has 0 amide bonds. The van der Waals surface area contributed by atoms with Gasteiger partial charge in [-0.2, -0.15) is 8.42 Å². The van der Waals surface area contributed by atoms with E-state index in [4.69, 9.17) is 4.55 Å². The minimum absolute atomic E-state index is 0.0449. The molecule has 2 rings (SSSR count). The maximum atomic E-state index is 12.3. The van der Waals surface area contributed by atoms with Crippen molar-refractivity contribution in [2.75, 3.05) is 0 Å². The molecule has 0 spiro atoms. The molecule has 21 heavy (non-hydrogen) atoms. The molecule has 2 N–H and O–H groups in total. The summed E-state index contributed by atoms with van der Waals surface area (Å²) >= 11 is 0. The number of carbonyl (C=O) groups excluding carboxylic acids is 1. The average Bonchev–Trinajstić information content (AvgIpc) is 2.45. The zero-order valence-electron chi connectivity index (χ0n) is 10.7. The van der Waals surface area contributed by atoms with Crippen LogP contribution in [0.5, 0.6) is 5.75 Å². The van der Waals surface area contributed by atoms with Crippen LogP contribution in [-0.4, -0.2) is 23.9 Å². The SMILES string of the molecule is O=C(c1ccccc1)C(OS(=O)(=O)O)c1ccc(O)cc1. The van der Waals surface area contributed by atoms with Crippen molar-refractivity contribution in [2.24, 2.45) is 0 Å². The normalized spacial score (nSPS) is 12.8. The predicted molar refractivity (Wildman–Crippen MR) is 74.3 cm³/mol. The molecule has 2 aromatic carbocycles. The molecule has 0 saturated heterocycles. The highest BCUT2D eigenvalue weighted by atomic mass is 32.3. The molecule has 0 saturated carbocycles. The summed E-state index contributed by atoms with van der Waals surface area (Å²) in [6.45, 7) is 0. The van der Waals surface area contributed by atoms with Gasteiger partial charge in [-0.3, -0.25) is 9.35 Å². The van der Waals surface area contributed by atoms with Crippen LogP contribution in [0.25, 0.3) is 0 Å². The van der Waals surface area contributed by atoms with Crippen LogP contribution in [0.1, 0.15) is 22.0 Å². The molecule has 6 nitrogen and oxygen atoms in total. The first-order valence-electron chi connectivity index (χ1n) is 5.91. The lowest BCUT2D eigenvalue weighted by atomic mass is 10.00. The first-order valence-corrected chi connectivity index (χ1v) is 7.27. The molecule has 0 aliphatic carbocycles.